The van der Waals surface area contributed by atoms with Gasteiger partial charge in [0.25, 0.3) is 0 Å². The maximum absolute atomic E-state index is 15.2. The summed E-state index contributed by atoms with van der Waals surface area (Å²) < 4.78 is 131. The second-order valence-corrected chi connectivity index (χ2v) is 11.0. The molecule has 0 saturated carbocycles. The Kier molecular flexibility index (Phi) is 9.70. The van der Waals surface area contributed by atoms with Gasteiger partial charge in [0, 0.05) is 17.2 Å². The first-order valence-electron chi connectivity index (χ1n) is 14.7. The van der Waals surface area contributed by atoms with E-state index in [1.807, 2.05) is 24.3 Å². The molecule has 0 N–H and O–H groups in total. The second-order valence-electron chi connectivity index (χ2n) is 11.0. The third-order valence-corrected chi connectivity index (χ3v) is 7.69. The number of hydrogen-bond donors (Lipinski definition) is 0. The van der Waals surface area contributed by atoms with Crippen molar-refractivity contribution in [3.63, 3.8) is 0 Å². The van der Waals surface area contributed by atoms with E-state index in [0.717, 1.165) is 43.4 Å². The lowest BCUT2D eigenvalue weighted by Gasteiger charge is -2.20. The first kappa shape index (κ1) is 33.6. The molecule has 244 valence electrons. The first-order valence-corrected chi connectivity index (χ1v) is 14.7. The summed E-state index contributed by atoms with van der Waals surface area (Å²) in [6.07, 6.45) is -5.14. The fourth-order valence-corrected chi connectivity index (χ4v) is 5.20. The molecule has 0 aliphatic carbocycles. The number of hydrogen-bond acceptors (Lipinski definition) is 1. The highest BCUT2D eigenvalue weighted by Crippen LogP contribution is 2.38. The van der Waals surface area contributed by atoms with Gasteiger partial charge in [0.15, 0.2) is 0 Å². The Morgan fingerprint density at radius 3 is 1.57 bits per heavy atom. The van der Waals surface area contributed by atoms with Crippen LogP contribution >= 0.6 is 0 Å². The van der Waals surface area contributed by atoms with Gasteiger partial charge in [-0.1, -0.05) is 74.4 Å². The summed E-state index contributed by atoms with van der Waals surface area (Å²) in [5.41, 5.74) is -0.309. The molecular weight excluding hydrogens is 631 g/mol. The third-order valence-electron chi connectivity index (χ3n) is 7.69. The van der Waals surface area contributed by atoms with E-state index in [1.54, 1.807) is 6.07 Å². The third kappa shape index (κ3) is 7.64. The zero-order valence-corrected chi connectivity index (χ0v) is 24.9. The molecule has 0 heterocycles. The summed E-state index contributed by atoms with van der Waals surface area (Å²) in [6, 6.07) is 19.2. The number of ether oxygens (including phenoxy) is 1. The van der Waals surface area contributed by atoms with Crippen molar-refractivity contribution in [2.75, 3.05) is 0 Å². The first-order chi connectivity index (χ1) is 22.3. The highest BCUT2D eigenvalue weighted by atomic mass is 19.4. The largest absolute Gasteiger partial charge is 0.429 e. The molecule has 1 nitrogen and oxygen atoms in total. The van der Waals surface area contributed by atoms with Crippen LogP contribution in [0, 0.1) is 23.3 Å². The van der Waals surface area contributed by atoms with Crippen LogP contribution in [-0.2, 0) is 18.7 Å². The Morgan fingerprint density at radius 2 is 1.02 bits per heavy atom. The predicted molar refractivity (Wildman–Crippen MR) is 162 cm³/mol. The van der Waals surface area contributed by atoms with Crippen LogP contribution in [0.1, 0.15) is 42.9 Å². The quantitative estimate of drug-likeness (QED) is 0.107. The van der Waals surface area contributed by atoms with Crippen molar-refractivity contribution >= 4 is 0 Å². The normalized spacial score (nSPS) is 12.0. The Labute approximate surface area is 265 Å². The van der Waals surface area contributed by atoms with Crippen molar-refractivity contribution in [3.05, 3.63) is 137 Å². The van der Waals surface area contributed by atoms with Gasteiger partial charge in [-0.05, 0) is 77.1 Å². The van der Waals surface area contributed by atoms with Crippen LogP contribution in [-0.4, -0.2) is 0 Å². The SMILES string of the molecule is CCCCCc1ccc(-c2ccc(-c3ccc(-c4ccc(C(F)(F)Oc5ccc(C(F)(F)F)c(F)c5)c(F)c4)c(F)c3)c(F)c2)cc1. The van der Waals surface area contributed by atoms with Crippen LogP contribution in [0.25, 0.3) is 33.4 Å². The summed E-state index contributed by atoms with van der Waals surface area (Å²) in [4.78, 5) is 0. The van der Waals surface area contributed by atoms with Gasteiger partial charge in [0.2, 0.25) is 0 Å². The highest BCUT2D eigenvalue weighted by molar-refractivity contribution is 5.74. The van der Waals surface area contributed by atoms with E-state index in [4.69, 9.17) is 0 Å². The molecule has 0 unspecified atom stereocenters. The molecule has 0 aliphatic heterocycles. The molecule has 0 aromatic heterocycles. The Morgan fingerprint density at radius 1 is 0.511 bits per heavy atom. The predicted octanol–water partition coefficient (Wildman–Crippen LogP) is 12.1. The van der Waals surface area contributed by atoms with E-state index in [9.17, 15) is 30.7 Å². The fraction of sp³-hybridized carbons (Fsp3) is 0.189. The zero-order chi connectivity index (χ0) is 33.9. The maximum atomic E-state index is 15.2. The molecule has 0 bridgehead atoms. The second kappa shape index (κ2) is 13.6. The average molecular weight is 659 g/mol. The molecule has 0 aliphatic rings. The van der Waals surface area contributed by atoms with Gasteiger partial charge in [0.1, 0.15) is 29.0 Å². The van der Waals surface area contributed by atoms with Crippen LogP contribution in [0.2, 0.25) is 0 Å². The van der Waals surface area contributed by atoms with Gasteiger partial charge >= 0.3 is 12.3 Å². The van der Waals surface area contributed by atoms with Crippen LogP contribution in [0.4, 0.5) is 39.5 Å². The van der Waals surface area contributed by atoms with Crippen molar-refractivity contribution in [1.82, 2.24) is 0 Å². The van der Waals surface area contributed by atoms with Crippen molar-refractivity contribution in [1.29, 1.82) is 0 Å². The molecule has 0 saturated heterocycles. The molecule has 5 rings (SSSR count). The molecule has 10 heteroatoms. The Balaban J connectivity index is 1.33. The number of aryl methyl sites for hydroxylation is 1. The minimum Gasteiger partial charge on any atom is -0.429 e. The number of rotatable bonds is 10. The topological polar surface area (TPSA) is 9.23 Å². The van der Waals surface area contributed by atoms with E-state index >= 15 is 8.78 Å². The minimum atomic E-state index is -5.06. The van der Waals surface area contributed by atoms with Gasteiger partial charge in [-0.15, -0.1) is 0 Å². The molecular formula is C37H27F9O. The number of unbranched alkanes of at least 4 members (excludes halogenated alkanes) is 2. The van der Waals surface area contributed by atoms with Crippen LogP contribution in [0.15, 0.2) is 97.1 Å². The average Bonchev–Trinajstić information content (AvgIpc) is 3.00. The lowest BCUT2D eigenvalue weighted by atomic mass is 9.96. The van der Waals surface area contributed by atoms with Crippen LogP contribution in [0.3, 0.4) is 0 Å². The molecule has 5 aromatic carbocycles. The fourth-order valence-electron chi connectivity index (χ4n) is 5.20. The summed E-state index contributed by atoms with van der Waals surface area (Å²) in [6.45, 7) is 2.14. The lowest BCUT2D eigenvalue weighted by molar-refractivity contribution is -0.187. The molecule has 0 radical (unpaired) electrons. The van der Waals surface area contributed by atoms with E-state index in [2.05, 4.69) is 11.7 Å². The molecule has 47 heavy (non-hydrogen) atoms. The summed E-state index contributed by atoms with van der Waals surface area (Å²) >= 11 is 0. The van der Waals surface area contributed by atoms with Crippen molar-refractivity contribution < 1.29 is 44.3 Å². The summed E-state index contributed by atoms with van der Waals surface area (Å²) in [5.74, 6) is -5.80. The smallest absolute Gasteiger partial charge is 0.429 e. The van der Waals surface area contributed by atoms with Crippen LogP contribution < -0.4 is 4.74 Å². The van der Waals surface area contributed by atoms with E-state index in [0.29, 0.717) is 23.8 Å². The van der Waals surface area contributed by atoms with E-state index in [1.165, 1.54) is 29.8 Å². The lowest BCUT2D eigenvalue weighted by Crippen LogP contribution is -2.23. The Bertz CT molecular complexity index is 1880. The highest BCUT2D eigenvalue weighted by Gasteiger charge is 2.39. The summed E-state index contributed by atoms with van der Waals surface area (Å²) in [7, 11) is 0. The van der Waals surface area contributed by atoms with E-state index in [-0.39, 0.29) is 34.4 Å². The van der Waals surface area contributed by atoms with Crippen molar-refractivity contribution in [2.45, 2.75) is 44.9 Å². The van der Waals surface area contributed by atoms with Gasteiger partial charge in [0.05, 0.1) is 11.1 Å². The Hall–Kier alpha value is -4.73. The van der Waals surface area contributed by atoms with E-state index < -0.39 is 52.4 Å². The van der Waals surface area contributed by atoms with Gasteiger partial charge in [-0.2, -0.15) is 22.0 Å². The van der Waals surface area contributed by atoms with Gasteiger partial charge < -0.3 is 4.74 Å². The molecule has 0 spiro atoms. The monoisotopic (exact) mass is 658 g/mol. The van der Waals surface area contributed by atoms with Crippen molar-refractivity contribution in [2.24, 2.45) is 0 Å². The van der Waals surface area contributed by atoms with Gasteiger partial charge in [-0.3, -0.25) is 0 Å². The maximum Gasteiger partial charge on any atom is 0.429 e. The molecule has 0 atom stereocenters. The number of halogens is 9. The number of alkyl halides is 5. The van der Waals surface area contributed by atoms with Gasteiger partial charge in [-0.25, -0.2) is 17.6 Å². The number of benzene rings is 5. The summed E-state index contributed by atoms with van der Waals surface area (Å²) in [5, 5.41) is 0. The molecule has 0 fully saturated rings. The van der Waals surface area contributed by atoms with Crippen LogP contribution in [0.5, 0.6) is 5.75 Å². The zero-order valence-electron chi connectivity index (χ0n) is 24.9. The van der Waals surface area contributed by atoms with Crippen molar-refractivity contribution in [3.8, 4) is 39.1 Å². The molecule has 5 aromatic rings. The minimum absolute atomic E-state index is 0.114. The molecule has 0 amide bonds. The standard InChI is InChI=1S/C37H27F9O/c1-2-3-4-5-22-6-8-23(9-7-22)24-10-14-28(32(38)18-24)25-11-15-29(33(39)19-25)26-12-16-31(34(40)20-26)37(45,46)47-27-13-17-30(35(41)21-27)36(42,43)44/h6-21H,2-5H2,1H3.